The summed E-state index contributed by atoms with van der Waals surface area (Å²) in [5.74, 6) is -0.368. The molecular weight excluding hydrogens is 444 g/mol. The highest BCUT2D eigenvalue weighted by molar-refractivity contribution is 7.91. The van der Waals surface area contributed by atoms with Gasteiger partial charge in [-0.15, -0.1) is 0 Å². The number of aliphatic hydroxyl groups excluding tert-OH is 1. The van der Waals surface area contributed by atoms with Crippen LogP contribution in [0.3, 0.4) is 0 Å². The standard InChI is InChI=1S/C15H18N4O4S.C8H10O/c1-3-23-14(20)12-9-17-15(19-13(12)16)18-10-5-7-11(8-6-10)24(21,22)4-2;9-7-6-8-4-2-1-3-5-8/h5-9H,3-4H2,1-2H3,(H3,16,17,18,19);1-5,9H,6-7H2. The number of nitrogen functional groups attached to an aromatic ring is 1. The first-order valence-electron chi connectivity index (χ1n) is 10.3. The molecule has 1 heterocycles. The van der Waals surface area contributed by atoms with E-state index in [9.17, 15) is 13.2 Å². The molecule has 0 radical (unpaired) electrons. The second-order valence-electron chi connectivity index (χ2n) is 6.73. The largest absolute Gasteiger partial charge is 0.462 e. The molecule has 0 bridgehead atoms. The van der Waals surface area contributed by atoms with Gasteiger partial charge in [-0.3, -0.25) is 0 Å². The van der Waals surface area contributed by atoms with Gasteiger partial charge in [0.05, 0.1) is 17.3 Å². The van der Waals surface area contributed by atoms with Gasteiger partial charge in [0.15, 0.2) is 9.84 Å². The number of ether oxygens (including phenoxy) is 1. The number of anilines is 3. The number of hydrogen-bond acceptors (Lipinski definition) is 9. The summed E-state index contributed by atoms with van der Waals surface area (Å²) in [4.78, 5) is 19.9. The number of hydrogen-bond donors (Lipinski definition) is 3. The van der Waals surface area contributed by atoms with Gasteiger partial charge in [-0.1, -0.05) is 37.3 Å². The highest BCUT2D eigenvalue weighted by Crippen LogP contribution is 2.19. The van der Waals surface area contributed by atoms with Crippen molar-refractivity contribution in [1.82, 2.24) is 9.97 Å². The van der Waals surface area contributed by atoms with Gasteiger partial charge in [0.1, 0.15) is 11.4 Å². The van der Waals surface area contributed by atoms with Gasteiger partial charge < -0.3 is 20.9 Å². The first-order chi connectivity index (χ1) is 15.8. The molecule has 2 aromatic carbocycles. The van der Waals surface area contributed by atoms with Crippen LogP contribution in [0, 0.1) is 0 Å². The van der Waals surface area contributed by atoms with Crippen LogP contribution in [0.15, 0.2) is 65.7 Å². The normalized spacial score (nSPS) is 10.6. The Labute approximate surface area is 193 Å². The number of carbonyl (C=O) groups excluding carboxylic acids is 1. The highest BCUT2D eigenvalue weighted by atomic mass is 32.2. The van der Waals surface area contributed by atoms with E-state index >= 15 is 0 Å². The molecule has 176 valence electrons. The monoisotopic (exact) mass is 472 g/mol. The number of sulfone groups is 1. The van der Waals surface area contributed by atoms with Crippen molar-refractivity contribution in [2.45, 2.75) is 25.2 Å². The molecule has 3 rings (SSSR count). The van der Waals surface area contributed by atoms with Crippen molar-refractivity contribution in [3.8, 4) is 0 Å². The maximum absolute atomic E-state index is 11.8. The molecular formula is C23H28N4O5S. The average Bonchev–Trinajstić information content (AvgIpc) is 2.81. The molecule has 0 saturated carbocycles. The Kier molecular flexibility index (Phi) is 9.77. The third-order valence-electron chi connectivity index (χ3n) is 4.41. The Morgan fingerprint density at radius 1 is 1.09 bits per heavy atom. The minimum Gasteiger partial charge on any atom is -0.462 e. The van der Waals surface area contributed by atoms with Crippen LogP contribution in [0.5, 0.6) is 0 Å². The molecule has 0 saturated heterocycles. The lowest BCUT2D eigenvalue weighted by atomic mass is 10.2. The SMILES string of the molecule is CCOC(=O)c1cnc(Nc2ccc(S(=O)(=O)CC)cc2)nc1N.OCCc1ccccc1. The third-order valence-corrected chi connectivity index (χ3v) is 6.16. The summed E-state index contributed by atoms with van der Waals surface area (Å²) in [6.07, 6.45) is 2.04. The Bertz CT molecular complexity index is 1140. The molecule has 3 aromatic rings. The van der Waals surface area contributed by atoms with Gasteiger partial charge in [0.25, 0.3) is 0 Å². The molecule has 9 nitrogen and oxygen atoms in total. The fourth-order valence-corrected chi connectivity index (χ4v) is 3.52. The smallest absolute Gasteiger partial charge is 0.343 e. The molecule has 0 aliphatic rings. The molecule has 0 atom stereocenters. The Morgan fingerprint density at radius 3 is 2.30 bits per heavy atom. The number of aliphatic hydroxyl groups is 1. The Balaban J connectivity index is 0.000000357. The Morgan fingerprint density at radius 2 is 1.76 bits per heavy atom. The summed E-state index contributed by atoms with van der Waals surface area (Å²) < 4.78 is 28.4. The first kappa shape index (κ1) is 25.8. The fraction of sp³-hybridized carbons (Fsp3) is 0.261. The van der Waals surface area contributed by atoms with Gasteiger partial charge in [-0.25, -0.2) is 18.2 Å². The maximum Gasteiger partial charge on any atom is 0.343 e. The molecule has 10 heteroatoms. The summed E-state index contributed by atoms with van der Waals surface area (Å²) >= 11 is 0. The van der Waals surface area contributed by atoms with Crippen molar-refractivity contribution in [3.63, 3.8) is 0 Å². The molecule has 0 spiro atoms. The van der Waals surface area contributed by atoms with Crippen molar-refractivity contribution in [3.05, 3.63) is 71.9 Å². The van der Waals surface area contributed by atoms with E-state index in [-0.39, 0.29) is 41.2 Å². The number of nitrogens with two attached hydrogens (primary N) is 1. The van der Waals surface area contributed by atoms with Crippen molar-refractivity contribution >= 4 is 33.3 Å². The van der Waals surface area contributed by atoms with E-state index < -0.39 is 15.8 Å². The first-order valence-corrected chi connectivity index (χ1v) is 12.0. The molecule has 0 unspecified atom stereocenters. The number of carbonyl (C=O) groups is 1. The van der Waals surface area contributed by atoms with Crippen LogP contribution in [0.2, 0.25) is 0 Å². The van der Waals surface area contributed by atoms with Crippen molar-refractivity contribution in [1.29, 1.82) is 0 Å². The summed E-state index contributed by atoms with van der Waals surface area (Å²) in [7, 11) is -3.25. The van der Waals surface area contributed by atoms with Crippen LogP contribution in [0.1, 0.15) is 29.8 Å². The lowest BCUT2D eigenvalue weighted by Gasteiger charge is -2.08. The van der Waals surface area contributed by atoms with Crippen LogP contribution in [0.4, 0.5) is 17.5 Å². The zero-order valence-electron chi connectivity index (χ0n) is 18.6. The van der Waals surface area contributed by atoms with E-state index in [0.717, 1.165) is 6.42 Å². The topological polar surface area (TPSA) is 144 Å². The fourth-order valence-electron chi connectivity index (χ4n) is 2.64. The molecule has 0 aliphatic carbocycles. The van der Waals surface area contributed by atoms with Crippen LogP contribution in [0.25, 0.3) is 0 Å². The molecule has 4 N–H and O–H groups in total. The molecule has 1 aromatic heterocycles. The number of nitrogens with one attached hydrogen (secondary N) is 1. The van der Waals surface area contributed by atoms with E-state index in [4.69, 9.17) is 15.6 Å². The zero-order valence-corrected chi connectivity index (χ0v) is 19.4. The van der Waals surface area contributed by atoms with Crippen molar-refractivity contribution in [2.75, 3.05) is 30.0 Å². The summed E-state index contributed by atoms with van der Waals surface area (Å²) in [5, 5.41) is 11.4. The summed E-state index contributed by atoms with van der Waals surface area (Å²) in [6.45, 7) is 3.74. The molecule has 33 heavy (non-hydrogen) atoms. The van der Waals surface area contributed by atoms with Crippen molar-refractivity contribution in [2.24, 2.45) is 0 Å². The molecule has 0 amide bonds. The van der Waals surface area contributed by atoms with Crippen LogP contribution >= 0.6 is 0 Å². The number of aromatic nitrogens is 2. The third kappa shape index (κ3) is 7.85. The average molecular weight is 473 g/mol. The van der Waals surface area contributed by atoms with Gasteiger partial charge in [0.2, 0.25) is 5.95 Å². The minimum absolute atomic E-state index is 0.00358. The predicted octanol–water partition coefficient (Wildman–Crippen LogP) is 2.99. The second-order valence-corrected chi connectivity index (χ2v) is 9.00. The number of esters is 1. The number of benzene rings is 2. The van der Waals surface area contributed by atoms with Gasteiger partial charge in [-0.05, 0) is 43.2 Å². The number of rotatable bonds is 8. The molecule has 0 fully saturated rings. The number of nitrogens with zero attached hydrogens (tertiary/aromatic N) is 2. The van der Waals surface area contributed by atoms with E-state index in [1.165, 1.54) is 23.9 Å². The maximum atomic E-state index is 11.8. The second kappa shape index (κ2) is 12.5. The minimum atomic E-state index is -3.25. The summed E-state index contributed by atoms with van der Waals surface area (Å²) in [5.41, 5.74) is 7.61. The molecule has 0 aliphatic heterocycles. The van der Waals surface area contributed by atoms with E-state index in [2.05, 4.69) is 15.3 Å². The van der Waals surface area contributed by atoms with Gasteiger partial charge >= 0.3 is 5.97 Å². The van der Waals surface area contributed by atoms with Crippen LogP contribution in [-0.4, -0.2) is 48.4 Å². The van der Waals surface area contributed by atoms with Crippen molar-refractivity contribution < 1.29 is 23.1 Å². The summed E-state index contributed by atoms with van der Waals surface area (Å²) in [6, 6.07) is 16.1. The lowest BCUT2D eigenvalue weighted by molar-refractivity contribution is 0.0526. The van der Waals surface area contributed by atoms with E-state index in [1.807, 2.05) is 30.3 Å². The zero-order chi connectivity index (χ0) is 24.3. The quantitative estimate of drug-likeness (QED) is 0.421. The van der Waals surface area contributed by atoms with Gasteiger partial charge in [0, 0.05) is 18.5 Å². The van der Waals surface area contributed by atoms with E-state index in [1.54, 1.807) is 26.0 Å². The lowest BCUT2D eigenvalue weighted by Crippen LogP contribution is -2.11. The Hall–Kier alpha value is -3.50. The predicted molar refractivity (Wildman–Crippen MR) is 127 cm³/mol. The highest BCUT2D eigenvalue weighted by Gasteiger charge is 2.14. The van der Waals surface area contributed by atoms with Gasteiger partial charge in [-0.2, -0.15) is 4.98 Å². The van der Waals surface area contributed by atoms with Crippen LogP contribution < -0.4 is 11.1 Å². The van der Waals surface area contributed by atoms with E-state index in [0.29, 0.717) is 5.69 Å². The van der Waals surface area contributed by atoms with Crippen LogP contribution in [-0.2, 0) is 21.0 Å².